The maximum Gasteiger partial charge on any atom is 0.122 e. The zero-order chi connectivity index (χ0) is 12.8. The first-order chi connectivity index (χ1) is 8.79. The van der Waals surface area contributed by atoms with E-state index in [1.807, 2.05) is 24.3 Å². The van der Waals surface area contributed by atoms with Gasteiger partial charge >= 0.3 is 0 Å². The van der Waals surface area contributed by atoms with Crippen LogP contribution in [0.5, 0.6) is 5.75 Å². The number of aldehydes is 1. The molecule has 0 radical (unpaired) electrons. The number of carbonyl (C=O) groups is 1. The molecule has 2 atom stereocenters. The van der Waals surface area contributed by atoms with E-state index in [4.69, 9.17) is 9.47 Å². The second kappa shape index (κ2) is 6.55. The van der Waals surface area contributed by atoms with Crippen molar-refractivity contribution in [1.29, 1.82) is 0 Å². The molecule has 18 heavy (non-hydrogen) atoms. The van der Waals surface area contributed by atoms with E-state index in [0.29, 0.717) is 13.0 Å². The van der Waals surface area contributed by atoms with Crippen LogP contribution in [0.2, 0.25) is 0 Å². The average Bonchev–Trinajstić information content (AvgIpc) is 2.40. The van der Waals surface area contributed by atoms with Gasteiger partial charge in [0.2, 0.25) is 0 Å². The molecule has 0 aliphatic carbocycles. The zero-order valence-electron chi connectivity index (χ0n) is 10.8. The van der Waals surface area contributed by atoms with Gasteiger partial charge in [-0.3, -0.25) is 0 Å². The van der Waals surface area contributed by atoms with Gasteiger partial charge in [-0.25, -0.2) is 0 Å². The molecule has 2 rings (SSSR count). The Morgan fingerprint density at radius 3 is 3.17 bits per heavy atom. The maximum absolute atomic E-state index is 10.5. The maximum atomic E-state index is 10.5. The van der Waals surface area contributed by atoms with Crippen LogP contribution >= 0.6 is 0 Å². The Kier molecular flexibility index (Phi) is 4.76. The highest BCUT2D eigenvalue weighted by Gasteiger charge is 2.15. The van der Waals surface area contributed by atoms with Gasteiger partial charge in [-0.2, -0.15) is 0 Å². The fourth-order valence-electron chi connectivity index (χ4n) is 2.17. The molecule has 0 spiro atoms. The van der Waals surface area contributed by atoms with Crippen molar-refractivity contribution in [2.45, 2.75) is 38.2 Å². The molecule has 0 N–H and O–H groups in total. The number of ether oxygens (including phenoxy) is 2. The fourth-order valence-corrected chi connectivity index (χ4v) is 2.17. The highest BCUT2D eigenvalue weighted by atomic mass is 16.5. The van der Waals surface area contributed by atoms with Crippen molar-refractivity contribution in [3.8, 4) is 5.75 Å². The second-order valence-electron chi connectivity index (χ2n) is 4.83. The van der Waals surface area contributed by atoms with E-state index < -0.39 is 0 Å². The van der Waals surface area contributed by atoms with Gasteiger partial charge in [-0.1, -0.05) is 19.1 Å². The number of hydrogen-bond donors (Lipinski definition) is 0. The Labute approximate surface area is 108 Å². The van der Waals surface area contributed by atoms with Crippen LogP contribution in [0.3, 0.4) is 0 Å². The molecule has 1 aliphatic heterocycles. The summed E-state index contributed by atoms with van der Waals surface area (Å²) in [6.45, 7) is 3.57. The third kappa shape index (κ3) is 3.57. The normalized spacial score (nSPS) is 21.3. The minimum absolute atomic E-state index is 0.162. The van der Waals surface area contributed by atoms with E-state index in [-0.39, 0.29) is 12.0 Å². The van der Waals surface area contributed by atoms with Crippen LogP contribution in [0.15, 0.2) is 24.3 Å². The summed E-state index contributed by atoms with van der Waals surface area (Å²) in [5.74, 6) is 1.12. The second-order valence-corrected chi connectivity index (χ2v) is 4.83. The minimum atomic E-state index is 0.162. The number of rotatable bonds is 5. The molecular weight excluding hydrogens is 228 g/mol. The third-order valence-corrected chi connectivity index (χ3v) is 3.30. The van der Waals surface area contributed by atoms with Crippen molar-refractivity contribution in [2.75, 3.05) is 13.2 Å². The molecular formula is C15H20O3. The summed E-state index contributed by atoms with van der Waals surface area (Å²) in [4.78, 5) is 10.5. The molecule has 0 saturated carbocycles. The van der Waals surface area contributed by atoms with E-state index in [0.717, 1.165) is 37.0 Å². The number of hydrogen-bond acceptors (Lipinski definition) is 3. The highest BCUT2D eigenvalue weighted by molar-refractivity contribution is 5.51. The fraction of sp³-hybridized carbons (Fsp3) is 0.533. The number of carbonyl (C=O) groups excluding carboxylic acids is 1. The molecule has 1 aromatic rings. The first-order valence-electron chi connectivity index (χ1n) is 6.57. The number of benzene rings is 1. The van der Waals surface area contributed by atoms with Crippen LogP contribution < -0.4 is 4.74 Å². The largest absolute Gasteiger partial charge is 0.488 e. The summed E-state index contributed by atoms with van der Waals surface area (Å²) in [5.41, 5.74) is 1.15. The summed E-state index contributed by atoms with van der Waals surface area (Å²) < 4.78 is 11.3. The Bertz CT molecular complexity index is 383. The van der Waals surface area contributed by atoms with Crippen molar-refractivity contribution < 1.29 is 14.3 Å². The topological polar surface area (TPSA) is 35.5 Å². The Hall–Kier alpha value is -1.35. The lowest BCUT2D eigenvalue weighted by molar-refractivity contribution is -0.108. The van der Waals surface area contributed by atoms with Gasteiger partial charge in [-0.15, -0.1) is 0 Å². The van der Waals surface area contributed by atoms with Gasteiger partial charge in [0, 0.05) is 13.0 Å². The van der Waals surface area contributed by atoms with Crippen LogP contribution in [0, 0.1) is 0 Å². The van der Waals surface area contributed by atoms with Gasteiger partial charge in [0.25, 0.3) is 0 Å². The van der Waals surface area contributed by atoms with Crippen LogP contribution in [0.1, 0.15) is 37.7 Å². The molecule has 0 aromatic heterocycles. The van der Waals surface area contributed by atoms with Gasteiger partial charge in [0.1, 0.15) is 18.1 Å². The quantitative estimate of drug-likeness (QED) is 0.752. The lowest BCUT2D eigenvalue weighted by Gasteiger charge is -2.23. The van der Waals surface area contributed by atoms with Crippen LogP contribution in [0.25, 0.3) is 0 Å². The molecule has 1 aromatic carbocycles. The van der Waals surface area contributed by atoms with Crippen LogP contribution in [0.4, 0.5) is 0 Å². The van der Waals surface area contributed by atoms with Crippen molar-refractivity contribution >= 4 is 6.29 Å². The monoisotopic (exact) mass is 248 g/mol. The van der Waals surface area contributed by atoms with Crippen LogP contribution in [-0.4, -0.2) is 25.6 Å². The molecule has 3 heteroatoms. The van der Waals surface area contributed by atoms with E-state index in [9.17, 15) is 4.79 Å². The Morgan fingerprint density at radius 1 is 1.56 bits per heavy atom. The summed E-state index contributed by atoms with van der Waals surface area (Å²) in [5, 5.41) is 0. The first kappa shape index (κ1) is 13.1. The molecule has 1 saturated heterocycles. The average molecular weight is 248 g/mol. The first-order valence-corrected chi connectivity index (χ1v) is 6.57. The molecule has 1 heterocycles. The molecule has 98 valence electrons. The molecule has 0 bridgehead atoms. The lowest BCUT2D eigenvalue weighted by atomic mass is 9.98. The molecule has 1 fully saturated rings. The molecule has 0 amide bonds. The summed E-state index contributed by atoms with van der Waals surface area (Å²) in [6.07, 6.45) is 3.79. The van der Waals surface area contributed by atoms with Crippen LogP contribution in [-0.2, 0) is 9.53 Å². The van der Waals surface area contributed by atoms with E-state index in [1.165, 1.54) is 0 Å². The SMILES string of the molecule is CC(CC=O)c1cccc(OC2CCCOC2)c1. The predicted octanol–water partition coefficient (Wildman–Crippen LogP) is 2.94. The summed E-state index contributed by atoms with van der Waals surface area (Å²) in [7, 11) is 0. The van der Waals surface area contributed by atoms with Crippen molar-refractivity contribution in [1.82, 2.24) is 0 Å². The van der Waals surface area contributed by atoms with Crippen molar-refractivity contribution in [2.24, 2.45) is 0 Å². The standard InChI is InChI=1S/C15H20O3/c1-12(7-8-16)13-4-2-5-14(10-13)18-15-6-3-9-17-11-15/h2,4-5,8,10,12,15H,3,6-7,9,11H2,1H3. The van der Waals surface area contributed by atoms with E-state index in [1.54, 1.807) is 0 Å². The molecule has 3 nitrogen and oxygen atoms in total. The zero-order valence-corrected chi connectivity index (χ0v) is 10.8. The molecule has 2 unspecified atom stereocenters. The smallest absolute Gasteiger partial charge is 0.122 e. The van der Waals surface area contributed by atoms with Gasteiger partial charge in [-0.05, 0) is 36.5 Å². The van der Waals surface area contributed by atoms with Gasteiger partial charge < -0.3 is 14.3 Å². The van der Waals surface area contributed by atoms with E-state index >= 15 is 0 Å². The summed E-state index contributed by atoms with van der Waals surface area (Å²) in [6, 6.07) is 8.02. The van der Waals surface area contributed by atoms with Crippen molar-refractivity contribution in [3.63, 3.8) is 0 Å². The van der Waals surface area contributed by atoms with Crippen molar-refractivity contribution in [3.05, 3.63) is 29.8 Å². The van der Waals surface area contributed by atoms with Gasteiger partial charge in [0.15, 0.2) is 0 Å². The predicted molar refractivity (Wildman–Crippen MR) is 70.0 cm³/mol. The lowest BCUT2D eigenvalue weighted by Crippen LogP contribution is -2.28. The molecule has 1 aliphatic rings. The Morgan fingerprint density at radius 2 is 2.44 bits per heavy atom. The third-order valence-electron chi connectivity index (χ3n) is 3.30. The minimum Gasteiger partial charge on any atom is -0.488 e. The summed E-state index contributed by atoms with van der Waals surface area (Å²) >= 11 is 0. The van der Waals surface area contributed by atoms with Gasteiger partial charge in [0.05, 0.1) is 6.61 Å². The Balaban J connectivity index is 1.99. The van der Waals surface area contributed by atoms with E-state index in [2.05, 4.69) is 6.92 Å². The highest BCUT2D eigenvalue weighted by Crippen LogP contribution is 2.24.